The van der Waals surface area contributed by atoms with Crippen molar-refractivity contribution in [1.82, 2.24) is 0 Å². The van der Waals surface area contributed by atoms with Gasteiger partial charge in [0.1, 0.15) is 0 Å². The van der Waals surface area contributed by atoms with E-state index in [1.165, 1.54) is 80.9 Å². The van der Waals surface area contributed by atoms with Gasteiger partial charge in [-0.2, -0.15) is 0 Å². The Morgan fingerprint density at radius 1 is 0.523 bits per heavy atom. The van der Waals surface area contributed by atoms with Gasteiger partial charge in [0.25, 0.3) is 11.8 Å². The zero-order valence-electron chi connectivity index (χ0n) is 23.2. The summed E-state index contributed by atoms with van der Waals surface area (Å²) in [5.41, 5.74) is 0.530. The normalized spacial score (nSPS) is 10.3. The van der Waals surface area contributed by atoms with Gasteiger partial charge in [-0.3, -0.25) is 9.59 Å². The molecule has 0 aliphatic rings. The number of hydrogen-bond donors (Lipinski definition) is 4. The van der Waals surface area contributed by atoms with E-state index in [4.69, 9.17) is 4.74 Å². The molecular weight excluding hydrogens is 572 g/mol. The Balaban J connectivity index is 1.75. The van der Waals surface area contributed by atoms with E-state index in [1.54, 1.807) is 6.07 Å². The van der Waals surface area contributed by atoms with Gasteiger partial charge in [-0.25, -0.2) is 19.2 Å². The van der Waals surface area contributed by atoms with E-state index in [1.807, 2.05) is 0 Å². The van der Waals surface area contributed by atoms with Crippen LogP contribution >= 0.6 is 0 Å². The molecule has 0 heterocycles. The molecule has 12 heteroatoms. The van der Waals surface area contributed by atoms with E-state index in [0.717, 1.165) is 12.1 Å². The highest BCUT2D eigenvalue weighted by Gasteiger charge is 2.22. The molecule has 0 aromatic heterocycles. The minimum absolute atomic E-state index is 0.0680. The SMILES string of the molecule is COC(=O)c1ccc(NC(=O)c2cc(-c3ccc(C(=O)O)c(C(=O)O)c3)ccc2C(=O)Nc2cccc(C(=O)OC)c2)cc1. The lowest BCUT2D eigenvalue weighted by atomic mass is 9.95. The van der Waals surface area contributed by atoms with Crippen molar-refractivity contribution in [2.45, 2.75) is 0 Å². The van der Waals surface area contributed by atoms with Gasteiger partial charge in [-0.05, 0) is 77.9 Å². The predicted molar refractivity (Wildman–Crippen MR) is 157 cm³/mol. The van der Waals surface area contributed by atoms with Crippen molar-refractivity contribution in [3.8, 4) is 11.1 Å². The van der Waals surface area contributed by atoms with Crippen molar-refractivity contribution in [3.05, 3.63) is 118 Å². The summed E-state index contributed by atoms with van der Waals surface area (Å²) in [5, 5.41) is 24.2. The fourth-order valence-electron chi connectivity index (χ4n) is 4.24. The summed E-state index contributed by atoms with van der Waals surface area (Å²) >= 11 is 0. The molecule has 4 rings (SSSR count). The van der Waals surface area contributed by atoms with Gasteiger partial charge in [0.2, 0.25) is 0 Å². The van der Waals surface area contributed by atoms with Crippen LogP contribution in [0.25, 0.3) is 11.1 Å². The lowest BCUT2D eigenvalue weighted by Gasteiger charge is -2.14. The van der Waals surface area contributed by atoms with Crippen LogP contribution < -0.4 is 10.6 Å². The number of rotatable bonds is 9. The van der Waals surface area contributed by atoms with E-state index in [-0.39, 0.29) is 33.5 Å². The molecule has 0 aliphatic heterocycles. The number of carbonyl (C=O) groups excluding carboxylic acids is 4. The van der Waals surface area contributed by atoms with E-state index in [0.29, 0.717) is 11.3 Å². The van der Waals surface area contributed by atoms with Crippen LogP contribution in [-0.4, -0.2) is 60.1 Å². The molecule has 0 saturated heterocycles. The first-order valence-corrected chi connectivity index (χ1v) is 12.8. The van der Waals surface area contributed by atoms with Crippen LogP contribution in [0.1, 0.15) is 62.1 Å². The highest BCUT2D eigenvalue weighted by Crippen LogP contribution is 2.27. The van der Waals surface area contributed by atoms with E-state index < -0.39 is 46.8 Å². The third-order valence-corrected chi connectivity index (χ3v) is 6.43. The first-order chi connectivity index (χ1) is 21.0. The highest BCUT2D eigenvalue weighted by molar-refractivity contribution is 6.16. The molecule has 0 atom stereocenters. The molecular formula is C32H24N2O10. The van der Waals surface area contributed by atoms with Crippen LogP contribution in [0.3, 0.4) is 0 Å². The van der Waals surface area contributed by atoms with Crippen LogP contribution in [0.15, 0.2) is 84.9 Å². The third kappa shape index (κ3) is 6.77. The van der Waals surface area contributed by atoms with Crippen molar-refractivity contribution in [1.29, 1.82) is 0 Å². The highest BCUT2D eigenvalue weighted by atomic mass is 16.5. The number of nitrogens with one attached hydrogen (secondary N) is 2. The van der Waals surface area contributed by atoms with Crippen molar-refractivity contribution in [3.63, 3.8) is 0 Å². The summed E-state index contributed by atoms with van der Waals surface area (Å²) in [6.45, 7) is 0. The van der Waals surface area contributed by atoms with Gasteiger partial charge in [-0.1, -0.05) is 18.2 Å². The lowest BCUT2D eigenvalue weighted by molar-refractivity contribution is 0.0592. The number of esters is 2. The Morgan fingerprint density at radius 2 is 1.05 bits per heavy atom. The zero-order valence-corrected chi connectivity index (χ0v) is 23.2. The number of anilines is 2. The first kappa shape index (κ1) is 30.7. The number of carboxylic acids is 2. The summed E-state index contributed by atoms with van der Waals surface area (Å²) in [4.78, 5) is 73.9. The van der Waals surface area contributed by atoms with E-state index >= 15 is 0 Å². The molecule has 4 aromatic carbocycles. The second kappa shape index (κ2) is 13.1. The average Bonchev–Trinajstić information content (AvgIpc) is 3.03. The Bertz CT molecular complexity index is 1810. The summed E-state index contributed by atoms with van der Waals surface area (Å²) in [6.07, 6.45) is 0. The van der Waals surface area contributed by atoms with E-state index in [2.05, 4.69) is 15.4 Å². The average molecular weight is 597 g/mol. The van der Waals surface area contributed by atoms with Crippen molar-refractivity contribution < 1.29 is 48.5 Å². The van der Waals surface area contributed by atoms with Gasteiger partial charge in [0.15, 0.2) is 0 Å². The molecule has 12 nitrogen and oxygen atoms in total. The third-order valence-electron chi connectivity index (χ3n) is 6.43. The topological polar surface area (TPSA) is 185 Å². The molecule has 222 valence electrons. The summed E-state index contributed by atoms with van der Waals surface area (Å²) < 4.78 is 9.39. The first-order valence-electron chi connectivity index (χ1n) is 12.8. The van der Waals surface area contributed by atoms with Gasteiger partial charge in [0, 0.05) is 11.4 Å². The number of hydrogen-bond acceptors (Lipinski definition) is 8. The zero-order chi connectivity index (χ0) is 32.0. The predicted octanol–water partition coefficient (Wildman–Crippen LogP) is 4.83. The van der Waals surface area contributed by atoms with Crippen LogP contribution in [0.2, 0.25) is 0 Å². The molecule has 2 amide bonds. The maximum Gasteiger partial charge on any atom is 0.337 e. The Morgan fingerprint density at radius 3 is 1.64 bits per heavy atom. The molecule has 0 aliphatic carbocycles. The number of carbonyl (C=O) groups is 6. The van der Waals surface area contributed by atoms with Crippen LogP contribution in [0.5, 0.6) is 0 Å². The largest absolute Gasteiger partial charge is 0.478 e. The van der Waals surface area contributed by atoms with E-state index in [9.17, 15) is 39.0 Å². The van der Waals surface area contributed by atoms with Gasteiger partial charge < -0.3 is 30.3 Å². The molecule has 0 spiro atoms. The number of ether oxygens (including phenoxy) is 2. The maximum absolute atomic E-state index is 13.5. The van der Waals surface area contributed by atoms with Crippen molar-refractivity contribution in [2.24, 2.45) is 0 Å². The van der Waals surface area contributed by atoms with Crippen molar-refractivity contribution >= 4 is 47.1 Å². The molecule has 4 aromatic rings. The number of methoxy groups -OCH3 is 2. The molecule has 0 saturated carbocycles. The molecule has 44 heavy (non-hydrogen) atoms. The Kier molecular flexibility index (Phi) is 9.14. The maximum atomic E-state index is 13.5. The fraction of sp³-hybridized carbons (Fsp3) is 0.0625. The number of carboxylic acid groups (broad SMARTS) is 2. The quantitative estimate of drug-likeness (QED) is 0.195. The second-order valence-corrected chi connectivity index (χ2v) is 9.18. The monoisotopic (exact) mass is 596 g/mol. The standard InChI is InChI=1S/C32H24N2O10/c1-43-31(41)17-6-10-21(11-7-17)33-28(36)25-15-18(19-9-13-24(29(37)38)26(16-19)30(39)40)8-12-23(25)27(35)34-22-5-3-4-20(14-22)32(42)44-2/h3-16H,1-2H3,(H,33,36)(H,34,35)(H,37,38)(H,39,40). The lowest BCUT2D eigenvalue weighted by Crippen LogP contribution is -2.20. The number of amides is 2. The van der Waals surface area contributed by atoms with Gasteiger partial charge in [-0.15, -0.1) is 0 Å². The number of benzene rings is 4. The van der Waals surface area contributed by atoms with Crippen molar-refractivity contribution in [2.75, 3.05) is 24.9 Å². The smallest absolute Gasteiger partial charge is 0.337 e. The Hall–Kier alpha value is -6.30. The molecule has 0 unspecified atom stereocenters. The van der Waals surface area contributed by atoms with Gasteiger partial charge in [0.05, 0.1) is 47.6 Å². The summed E-state index contributed by atoms with van der Waals surface area (Å²) in [6, 6.07) is 19.7. The summed E-state index contributed by atoms with van der Waals surface area (Å²) in [7, 11) is 2.45. The molecule has 0 fully saturated rings. The molecule has 4 N–H and O–H groups in total. The van der Waals surface area contributed by atoms with Crippen LogP contribution in [0, 0.1) is 0 Å². The number of aromatic carboxylic acids is 2. The summed E-state index contributed by atoms with van der Waals surface area (Å²) in [5.74, 6) is -5.47. The van der Waals surface area contributed by atoms with Gasteiger partial charge >= 0.3 is 23.9 Å². The minimum Gasteiger partial charge on any atom is -0.478 e. The minimum atomic E-state index is -1.46. The molecule has 0 bridgehead atoms. The second-order valence-electron chi connectivity index (χ2n) is 9.18. The van der Waals surface area contributed by atoms with Crippen LogP contribution in [0.4, 0.5) is 11.4 Å². The fourth-order valence-corrected chi connectivity index (χ4v) is 4.24. The molecule has 0 radical (unpaired) electrons. The van der Waals surface area contributed by atoms with Crippen LogP contribution in [-0.2, 0) is 9.47 Å². The Labute approximate surface area is 249 Å².